The standard InChI is InChI=1S/C14H17BrN2O3/c1-9(18)16-11-4-6-17(7-5-11)14(20)10-2-3-12(15)13(19)8-10/h2-3,8,11,19H,4-7H2,1H3,(H,16,18). The minimum absolute atomic E-state index is 0.0346. The summed E-state index contributed by atoms with van der Waals surface area (Å²) in [6, 6.07) is 4.96. The summed E-state index contributed by atoms with van der Waals surface area (Å²) in [4.78, 5) is 25.0. The summed E-state index contributed by atoms with van der Waals surface area (Å²) < 4.78 is 0.568. The van der Waals surface area contributed by atoms with Crippen molar-refractivity contribution < 1.29 is 14.7 Å². The van der Waals surface area contributed by atoms with Crippen LogP contribution in [0.4, 0.5) is 0 Å². The molecule has 0 aromatic heterocycles. The third kappa shape index (κ3) is 3.50. The van der Waals surface area contributed by atoms with E-state index in [0.29, 0.717) is 23.1 Å². The second kappa shape index (κ2) is 6.26. The van der Waals surface area contributed by atoms with E-state index in [1.54, 1.807) is 17.0 Å². The molecule has 1 aromatic rings. The van der Waals surface area contributed by atoms with E-state index < -0.39 is 0 Å². The van der Waals surface area contributed by atoms with E-state index >= 15 is 0 Å². The van der Waals surface area contributed by atoms with E-state index in [0.717, 1.165) is 12.8 Å². The Balaban J connectivity index is 1.97. The third-order valence-electron chi connectivity index (χ3n) is 3.38. The molecule has 6 heteroatoms. The monoisotopic (exact) mass is 340 g/mol. The first kappa shape index (κ1) is 14.8. The van der Waals surface area contributed by atoms with Crippen LogP contribution in [0.3, 0.4) is 0 Å². The molecule has 1 saturated heterocycles. The number of halogens is 1. The van der Waals surface area contributed by atoms with Crippen LogP contribution < -0.4 is 5.32 Å². The molecule has 2 rings (SSSR count). The molecule has 1 fully saturated rings. The minimum atomic E-state index is -0.0888. The van der Waals surface area contributed by atoms with E-state index in [9.17, 15) is 14.7 Å². The molecule has 0 spiro atoms. The van der Waals surface area contributed by atoms with Crippen LogP contribution >= 0.6 is 15.9 Å². The first-order valence-electron chi connectivity index (χ1n) is 6.52. The number of carbonyl (C=O) groups excluding carboxylic acids is 2. The maximum Gasteiger partial charge on any atom is 0.253 e. The Morgan fingerprint density at radius 3 is 2.55 bits per heavy atom. The fraction of sp³-hybridized carbons (Fsp3) is 0.429. The van der Waals surface area contributed by atoms with Crippen molar-refractivity contribution in [1.82, 2.24) is 10.2 Å². The Bertz CT molecular complexity index is 525. The molecular formula is C14H17BrN2O3. The van der Waals surface area contributed by atoms with E-state index in [-0.39, 0.29) is 23.6 Å². The highest BCUT2D eigenvalue weighted by atomic mass is 79.9. The molecule has 1 aliphatic heterocycles. The zero-order chi connectivity index (χ0) is 14.7. The predicted molar refractivity (Wildman–Crippen MR) is 78.5 cm³/mol. The Morgan fingerprint density at radius 2 is 2.00 bits per heavy atom. The van der Waals surface area contributed by atoms with Gasteiger partial charge in [-0.15, -0.1) is 0 Å². The summed E-state index contributed by atoms with van der Waals surface area (Å²) >= 11 is 3.19. The van der Waals surface area contributed by atoms with Crippen LogP contribution in [0.15, 0.2) is 22.7 Å². The molecule has 1 heterocycles. The van der Waals surface area contributed by atoms with E-state index in [1.165, 1.54) is 13.0 Å². The molecule has 0 radical (unpaired) electrons. The highest BCUT2D eigenvalue weighted by molar-refractivity contribution is 9.10. The third-order valence-corrected chi connectivity index (χ3v) is 4.05. The van der Waals surface area contributed by atoms with Gasteiger partial charge in [-0.2, -0.15) is 0 Å². The summed E-state index contributed by atoms with van der Waals surface area (Å²) in [5, 5.41) is 12.5. The summed E-state index contributed by atoms with van der Waals surface area (Å²) in [5.74, 6) is -0.0642. The molecular weight excluding hydrogens is 324 g/mol. The topological polar surface area (TPSA) is 69.6 Å². The molecule has 0 aliphatic carbocycles. The van der Waals surface area contributed by atoms with Gasteiger partial charge in [0.2, 0.25) is 5.91 Å². The molecule has 0 atom stereocenters. The number of nitrogens with one attached hydrogen (secondary N) is 1. The maximum atomic E-state index is 12.3. The van der Waals surface area contributed by atoms with E-state index in [1.807, 2.05) is 0 Å². The maximum absolute atomic E-state index is 12.3. The highest BCUT2D eigenvalue weighted by Gasteiger charge is 2.24. The van der Waals surface area contributed by atoms with E-state index in [4.69, 9.17) is 0 Å². The predicted octanol–water partition coefficient (Wildman–Crippen LogP) is 1.90. The molecule has 20 heavy (non-hydrogen) atoms. The number of rotatable bonds is 2. The van der Waals surface area contributed by atoms with Gasteiger partial charge in [0.15, 0.2) is 0 Å². The smallest absolute Gasteiger partial charge is 0.253 e. The van der Waals surface area contributed by atoms with Crippen LogP contribution in [0.25, 0.3) is 0 Å². The SMILES string of the molecule is CC(=O)NC1CCN(C(=O)c2ccc(Br)c(O)c2)CC1. The zero-order valence-corrected chi connectivity index (χ0v) is 12.8. The molecule has 2 amide bonds. The van der Waals surface area contributed by atoms with Crippen molar-refractivity contribution in [3.8, 4) is 5.75 Å². The Morgan fingerprint density at radius 1 is 1.35 bits per heavy atom. The van der Waals surface area contributed by atoms with Crippen LogP contribution in [0.5, 0.6) is 5.75 Å². The first-order valence-corrected chi connectivity index (χ1v) is 7.31. The van der Waals surface area contributed by atoms with Crippen molar-refractivity contribution in [2.75, 3.05) is 13.1 Å². The number of aromatic hydroxyl groups is 1. The zero-order valence-electron chi connectivity index (χ0n) is 11.2. The second-order valence-corrected chi connectivity index (χ2v) is 5.79. The van der Waals surface area contributed by atoms with Crippen LogP contribution in [0.2, 0.25) is 0 Å². The summed E-state index contributed by atoms with van der Waals surface area (Å²) in [5.41, 5.74) is 0.476. The van der Waals surface area contributed by atoms with Crippen molar-refractivity contribution >= 4 is 27.7 Å². The largest absolute Gasteiger partial charge is 0.507 e. The summed E-state index contributed by atoms with van der Waals surface area (Å²) in [6.45, 7) is 2.73. The van der Waals surface area contributed by atoms with Crippen molar-refractivity contribution in [2.24, 2.45) is 0 Å². The fourth-order valence-electron chi connectivity index (χ4n) is 2.34. The lowest BCUT2D eigenvalue weighted by molar-refractivity contribution is -0.119. The fourth-order valence-corrected chi connectivity index (χ4v) is 2.59. The van der Waals surface area contributed by atoms with Gasteiger partial charge in [0, 0.05) is 31.6 Å². The second-order valence-electron chi connectivity index (χ2n) is 4.93. The van der Waals surface area contributed by atoms with Gasteiger partial charge in [0.25, 0.3) is 5.91 Å². The number of piperidine rings is 1. The number of carbonyl (C=O) groups is 2. The number of hydrogen-bond acceptors (Lipinski definition) is 3. The Labute approximate surface area is 126 Å². The van der Waals surface area contributed by atoms with E-state index in [2.05, 4.69) is 21.2 Å². The van der Waals surface area contributed by atoms with Gasteiger partial charge in [-0.05, 0) is 47.0 Å². The lowest BCUT2D eigenvalue weighted by Gasteiger charge is -2.32. The molecule has 5 nitrogen and oxygen atoms in total. The average molecular weight is 341 g/mol. The van der Waals surface area contributed by atoms with Gasteiger partial charge >= 0.3 is 0 Å². The molecule has 108 valence electrons. The number of amides is 2. The lowest BCUT2D eigenvalue weighted by Crippen LogP contribution is -2.46. The number of phenolic OH excluding ortho intramolecular Hbond substituents is 1. The lowest BCUT2D eigenvalue weighted by atomic mass is 10.0. The first-order chi connectivity index (χ1) is 9.47. The molecule has 2 N–H and O–H groups in total. The Hall–Kier alpha value is -1.56. The van der Waals surface area contributed by atoms with Crippen molar-refractivity contribution in [3.05, 3.63) is 28.2 Å². The number of nitrogens with zero attached hydrogens (tertiary/aromatic N) is 1. The quantitative estimate of drug-likeness (QED) is 0.863. The Kier molecular flexibility index (Phi) is 4.65. The van der Waals surface area contributed by atoms with Crippen LogP contribution in [-0.2, 0) is 4.79 Å². The minimum Gasteiger partial charge on any atom is -0.507 e. The summed E-state index contributed by atoms with van der Waals surface area (Å²) in [6.07, 6.45) is 1.52. The van der Waals surface area contributed by atoms with Crippen molar-refractivity contribution in [1.29, 1.82) is 0 Å². The van der Waals surface area contributed by atoms with Crippen LogP contribution in [0, 0.1) is 0 Å². The highest BCUT2D eigenvalue weighted by Crippen LogP contribution is 2.25. The van der Waals surface area contributed by atoms with Gasteiger partial charge in [-0.25, -0.2) is 0 Å². The van der Waals surface area contributed by atoms with Crippen LogP contribution in [-0.4, -0.2) is 41.0 Å². The number of phenols is 1. The van der Waals surface area contributed by atoms with Crippen LogP contribution in [0.1, 0.15) is 30.1 Å². The van der Waals surface area contributed by atoms with Gasteiger partial charge in [-0.3, -0.25) is 9.59 Å². The normalized spacial score (nSPS) is 16.0. The van der Waals surface area contributed by atoms with Crippen molar-refractivity contribution in [3.63, 3.8) is 0 Å². The van der Waals surface area contributed by atoms with Gasteiger partial charge in [0.05, 0.1) is 4.47 Å². The van der Waals surface area contributed by atoms with Gasteiger partial charge in [-0.1, -0.05) is 0 Å². The number of hydrogen-bond donors (Lipinski definition) is 2. The molecule has 0 saturated carbocycles. The summed E-state index contributed by atoms with van der Waals surface area (Å²) in [7, 11) is 0. The number of likely N-dealkylation sites (tertiary alicyclic amines) is 1. The molecule has 1 aliphatic rings. The van der Waals surface area contributed by atoms with Gasteiger partial charge in [0.1, 0.15) is 5.75 Å². The average Bonchev–Trinajstić information content (AvgIpc) is 2.41. The van der Waals surface area contributed by atoms with Gasteiger partial charge < -0.3 is 15.3 Å². The van der Waals surface area contributed by atoms with Crippen molar-refractivity contribution in [2.45, 2.75) is 25.8 Å². The molecule has 0 unspecified atom stereocenters. The molecule has 1 aromatic carbocycles. The number of benzene rings is 1. The molecule has 0 bridgehead atoms.